The van der Waals surface area contributed by atoms with Crippen molar-refractivity contribution in [2.75, 3.05) is 5.32 Å². The van der Waals surface area contributed by atoms with Crippen LogP contribution >= 0.6 is 15.9 Å². The van der Waals surface area contributed by atoms with Gasteiger partial charge in [0, 0.05) is 16.1 Å². The summed E-state index contributed by atoms with van der Waals surface area (Å²) in [7, 11) is 0. The number of anilines is 1. The van der Waals surface area contributed by atoms with Crippen LogP contribution in [0.5, 0.6) is 0 Å². The van der Waals surface area contributed by atoms with Crippen molar-refractivity contribution in [3.63, 3.8) is 0 Å². The first-order valence-electron chi connectivity index (χ1n) is 5.00. The summed E-state index contributed by atoms with van der Waals surface area (Å²) >= 11 is 3.42. The van der Waals surface area contributed by atoms with E-state index < -0.39 is 0 Å². The molecular formula is C11H18BrN3. The summed E-state index contributed by atoms with van der Waals surface area (Å²) in [6, 6.07) is 3.99. The van der Waals surface area contributed by atoms with Crippen molar-refractivity contribution in [1.82, 2.24) is 4.98 Å². The Morgan fingerprint density at radius 1 is 1.47 bits per heavy atom. The van der Waals surface area contributed by atoms with E-state index >= 15 is 0 Å². The molecule has 0 spiro atoms. The smallest absolute Gasteiger partial charge is 0.126 e. The summed E-state index contributed by atoms with van der Waals surface area (Å²) in [5.74, 6) is 0.859. The van der Waals surface area contributed by atoms with E-state index in [1.54, 1.807) is 0 Å². The van der Waals surface area contributed by atoms with Crippen molar-refractivity contribution in [3.8, 4) is 0 Å². The fraction of sp³-hybridized carbons (Fsp3) is 0.545. The van der Waals surface area contributed by atoms with E-state index in [1.807, 2.05) is 26.0 Å². The minimum atomic E-state index is -0.159. The molecule has 1 atom stereocenters. The second-order valence-electron chi connectivity index (χ2n) is 4.40. The normalized spacial score (nSPS) is 13.7. The molecule has 1 heterocycles. The highest BCUT2D eigenvalue weighted by atomic mass is 79.9. The van der Waals surface area contributed by atoms with Gasteiger partial charge in [-0.15, -0.1) is 0 Å². The molecule has 0 aliphatic carbocycles. The minimum Gasteiger partial charge on any atom is -0.364 e. The van der Waals surface area contributed by atoms with E-state index in [1.165, 1.54) is 0 Å². The van der Waals surface area contributed by atoms with E-state index in [4.69, 9.17) is 5.73 Å². The summed E-state index contributed by atoms with van der Waals surface area (Å²) in [4.78, 5) is 4.43. The predicted molar refractivity (Wildman–Crippen MR) is 68.0 cm³/mol. The van der Waals surface area contributed by atoms with E-state index in [9.17, 15) is 0 Å². The molecule has 84 valence electrons. The zero-order valence-electron chi connectivity index (χ0n) is 9.63. The van der Waals surface area contributed by atoms with Crippen LogP contribution in [-0.4, -0.2) is 16.6 Å². The van der Waals surface area contributed by atoms with Crippen molar-refractivity contribution in [2.45, 2.75) is 39.3 Å². The zero-order valence-corrected chi connectivity index (χ0v) is 11.2. The molecule has 0 aliphatic rings. The highest BCUT2D eigenvalue weighted by Crippen LogP contribution is 2.20. The Morgan fingerprint density at radius 2 is 2.07 bits per heavy atom. The van der Waals surface area contributed by atoms with Crippen molar-refractivity contribution in [2.24, 2.45) is 5.73 Å². The molecule has 0 radical (unpaired) electrons. The molecule has 1 unspecified atom stereocenters. The molecule has 0 aliphatic heterocycles. The highest BCUT2D eigenvalue weighted by Gasteiger charge is 2.22. The van der Waals surface area contributed by atoms with Crippen LogP contribution in [0.2, 0.25) is 0 Å². The summed E-state index contributed by atoms with van der Waals surface area (Å²) in [5.41, 5.74) is 6.70. The number of nitrogens with one attached hydrogen (secondary N) is 1. The van der Waals surface area contributed by atoms with Gasteiger partial charge in [0.2, 0.25) is 0 Å². The summed E-state index contributed by atoms with van der Waals surface area (Å²) in [6.07, 6.45) is 0. The number of aryl methyl sites for hydroxylation is 1. The summed E-state index contributed by atoms with van der Waals surface area (Å²) in [6.45, 7) is 8.08. The molecule has 3 N–H and O–H groups in total. The lowest BCUT2D eigenvalue weighted by atomic mass is 9.97. The monoisotopic (exact) mass is 271 g/mol. The van der Waals surface area contributed by atoms with Crippen LogP contribution in [0.25, 0.3) is 0 Å². The van der Waals surface area contributed by atoms with Gasteiger partial charge < -0.3 is 11.1 Å². The number of aromatic nitrogens is 1. The summed E-state index contributed by atoms with van der Waals surface area (Å²) < 4.78 is 1.02. The van der Waals surface area contributed by atoms with Crippen LogP contribution in [0.3, 0.4) is 0 Å². The van der Waals surface area contributed by atoms with Gasteiger partial charge in [-0.1, -0.05) is 0 Å². The van der Waals surface area contributed by atoms with Gasteiger partial charge in [0.25, 0.3) is 0 Å². The molecule has 0 bridgehead atoms. The molecule has 3 nitrogen and oxygen atoms in total. The van der Waals surface area contributed by atoms with E-state index in [-0.39, 0.29) is 11.6 Å². The van der Waals surface area contributed by atoms with Gasteiger partial charge in [-0.05, 0) is 55.8 Å². The van der Waals surface area contributed by atoms with E-state index in [0.29, 0.717) is 0 Å². The van der Waals surface area contributed by atoms with Crippen molar-refractivity contribution in [1.29, 1.82) is 0 Å². The maximum Gasteiger partial charge on any atom is 0.126 e. The number of halogens is 1. The third kappa shape index (κ3) is 3.18. The zero-order chi connectivity index (χ0) is 11.6. The first-order chi connectivity index (χ1) is 6.83. The number of hydrogen-bond donors (Lipinski definition) is 2. The molecule has 0 fully saturated rings. The number of hydrogen-bond acceptors (Lipinski definition) is 3. The standard InChI is InChI=1S/C11H18BrN3/c1-7-9(12)5-6-10(14-7)15-11(3,4)8(2)13/h5-6,8H,13H2,1-4H3,(H,14,15). The Kier molecular flexibility index (Phi) is 3.73. The Labute approximate surface area is 99.6 Å². The van der Waals surface area contributed by atoms with Gasteiger partial charge in [-0.25, -0.2) is 4.98 Å². The molecular weight excluding hydrogens is 254 g/mol. The second kappa shape index (κ2) is 4.49. The van der Waals surface area contributed by atoms with Gasteiger partial charge in [-0.3, -0.25) is 0 Å². The molecule has 4 heteroatoms. The van der Waals surface area contributed by atoms with Gasteiger partial charge in [0.15, 0.2) is 0 Å². The van der Waals surface area contributed by atoms with Gasteiger partial charge in [0.1, 0.15) is 5.82 Å². The van der Waals surface area contributed by atoms with Gasteiger partial charge in [0.05, 0.1) is 5.69 Å². The van der Waals surface area contributed by atoms with Crippen molar-refractivity contribution >= 4 is 21.7 Å². The maximum absolute atomic E-state index is 5.89. The fourth-order valence-electron chi connectivity index (χ4n) is 1.06. The molecule has 1 rings (SSSR count). The molecule has 1 aromatic heterocycles. The molecule has 1 aromatic rings. The first kappa shape index (κ1) is 12.5. The molecule has 0 amide bonds. The van der Waals surface area contributed by atoms with E-state index in [2.05, 4.69) is 40.1 Å². The topological polar surface area (TPSA) is 50.9 Å². The third-order valence-electron chi connectivity index (χ3n) is 2.61. The quantitative estimate of drug-likeness (QED) is 0.889. The first-order valence-corrected chi connectivity index (χ1v) is 5.79. The third-order valence-corrected chi connectivity index (χ3v) is 3.45. The average molecular weight is 272 g/mol. The number of pyridine rings is 1. The van der Waals surface area contributed by atoms with Gasteiger partial charge >= 0.3 is 0 Å². The van der Waals surface area contributed by atoms with E-state index in [0.717, 1.165) is 16.0 Å². The predicted octanol–water partition coefficient (Wildman–Crippen LogP) is 2.69. The molecule has 0 aromatic carbocycles. The second-order valence-corrected chi connectivity index (χ2v) is 5.25. The Morgan fingerprint density at radius 3 is 2.53 bits per heavy atom. The summed E-state index contributed by atoms with van der Waals surface area (Å²) in [5, 5.41) is 3.33. The van der Waals surface area contributed by atoms with Crippen LogP contribution in [0, 0.1) is 6.92 Å². The molecule has 15 heavy (non-hydrogen) atoms. The van der Waals surface area contributed by atoms with Crippen molar-refractivity contribution in [3.05, 3.63) is 22.3 Å². The number of nitrogens with two attached hydrogens (primary N) is 1. The van der Waals surface area contributed by atoms with Crippen LogP contribution < -0.4 is 11.1 Å². The lowest BCUT2D eigenvalue weighted by Crippen LogP contribution is -2.47. The van der Waals surface area contributed by atoms with Crippen molar-refractivity contribution < 1.29 is 0 Å². The lowest BCUT2D eigenvalue weighted by molar-refractivity contribution is 0.469. The van der Waals surface area contributed by atoms with Crippen LogP contribution in [0.15, 0.2) is 16.6 Å². The fourth-order valence-corrected chi connectivity index (χ4v) is 1.28. The SMILES string of the molecule is Cc1nc(NC(C)(C)C(C)N)ccc1Br. The Hall–Kier alpha value is -0.610. The Bertz CT molecular complexity index is 348. The minimum absolute atomic E-state index is 0.0586. The largest absolute Gasteiger partial charge is 0.364 e. The van der Waals surface area contributed by atoms with Gasteiger partial charge in [-0.2, -0.15) is 0 Å². The Balaban J connectivity index is 2.86. The lowest BCUT2D eigenvalue weighted by Gasteiger charge is -2.31. The number of nitrogens with zero attached hydrogens (tertiary/aromatic N) is 1. The van der Waals surface area contributed by atoms with Crippen LogP contribution in [0.4, 0.5) is 5.82 Å². The molecule has 0 saturated heterocycles. The van der Waals surface area contributed by atoms with Crippen LogP contribution in [-0.2, 0) is 0 Å². The molecule has 0 saturated carbocycles. The van der Waals surface area contributed by atoms with Crippen LogP contribution in [0.1, 0.15) is 26.5 Å². The maximum atomic E-state index is 5.89. The number of rotatable bonds is 3. The average Bonchev–Trinajstić information content (AvgIpc) is 2.10. The highest BCUT2D eigenvalue weighted by molar-refractivity contribution is 9.10.